The van der Waals surface area contributed by atoms with Crippen LogP contribution in [0.3, 0.4) is 0 Å². The van der Waals surface area contributed by atoms with E-state index in [0.717, 1.165) is 62.4 Å². The highest BCUT2D eigenvalue weighted by Gasteiger charge is 2.39. The summed E-state index contributed by atoms with van der Waals surface area (Å²) in [6.45, 7) is 5.32. The standard InChI is InChI=1S/C28H36N2O4/c1-5-17-16-30-9-7-19-13-27(33-3)28(34-4)15-22(19)24(30)11-20(17)10-23-21-14-26(32-2)25(31)12-18(21)6-8-29-23/h12-15,17,20,24,31H,5-11,16H2,1-4H3/t17-,20-,24-/m1/s1. The van der Waals surface area contributed by atoms with E-state index in [0.29, 0.717) is 23.6 Å². The Morgan fingerprint density at radius 3 is 2.44 bits per heavy atom. The summed E-state index contributed by atoms with van der Waals surface area (Å²) in [6.07, 6.45) is 5.17. The predicted octanol–water partition coefficient (Wildman–Crippen LogP) is 4.80. The first-order chi connectivity index (χ1) is 16.6. The lowest BCUT2D eigenvalue weighted by Crippen LogP contribution is -2.46. The largest absolute Gasteiger partial charge is 0.504 e. The second-order valence-electron chi connectivity index (χ2n) is 9.79. The van der Waals surface area contributed by atoms with Gasteiger partial charge in [0, 0.05) is 37.0 Å². The molecule has 0 aliphatic carbocycles. The first-order valence-electron chi connectivity index (χ1n) is 12.5. The highest BCUT2D eigenvalue weighted by atomic mass is 16.5. The topological polar surface area (TPSA) is 63.5 Å². The van der Waals surface area contributed by atoms with Gasteiger partial charge in [-0.25, -0.2) is 0 Å². The average Bonchev–Trinajstić information content (AvgIpc) is 2.87. The molecule has 0 radical (unpaired) electrons. The molecule has 0 bridgehead atoms. The molecular weight excluding hydrogens is 428 g/mol. The number of aliphatic imine (C=N–C) groups is 1. The molecule has 5 rings (SSSR count). The molecule has 0 spiro atoms. The molecule has 3 aliphatic heterocycles. The first-order valence-corrected chi connectivity index (χ1v) is 12.5. The summed E-state index contributed by atoms with van der Waals surface area (Å²) in [5, 5.41) is 10.3. The summed E-state index contributed by atoms with van der Waals surface area (Å²) in [5.74, 6) is 3.57. The third-order valence-electron chi connectivity index (χ3n) is 8.15. The van der Waals surface area contributed by atoms with Crippen molar-refractivity contribution in [3.05, 3.63) is 46.5 Å². The van der Waals surface area contributed by atoms with Crippen LogP contribution in [0.1, 0.15) is 54.5 Å². The molecule has 3 atom stereocenters. The van der Waals surface area contributed by atoms with Crippen molar-refractivity contribution in [2.45, 2.75) is 45.1 Å². The quantitative estimate of drug-likeness (QED) is 0.665. The van der Waals surface area contributed by atoms with Crippen LogP contribution in [0.5, 0.6) is 23.0 Å². The van der Waals surface area contributed by atoms with Gasteiger partial charge in [0.25, 0.3) is 0 Å². The van der Waals surface area contributed by atoms with Crippen LogP contribution in [0.15, 0.2) is 29.3 Å². The molecule has 2 aromatic carbocycles. The van der Waals surface area contributed by atoms with Crippen LogP contribution >= 0.6 is 0 Å². The van der Waals surface area contributed by atoms with Gasteiger partial charge >= 0.3 is 0 Å². The maximum atomic E-state index is 10.3. The SMILES string of the molecule is CC[C@@H]1CN2CCc3cc(OC)c(OC)cc3[C@H]2C[C@H]1CC1=NCCc2cc(O)c(OC)cc21. The maximum absolute atomic E-state index is 10.3. The number of hydrogen-bond acceptors (Lipinski definition) is 6. The highest BCUT2D eigenvalue weighted by Crippen LogP contribution is 2.46. The van der Waals surface area contributed by atoms with Gasteiger partial charge in [-0.15, -0.1) is 0 Å². The Balaban J connectivity index is 1.45. The Hall–Kier alpha value is -2.73. The average molecular weight is 465 g/mol. The van der Waals surface area contributed by atoms with Crippen LogP contribution < -0.4 is 14.2 Å². The highest BCUT2D eigenvalue weighted by molar-refractivity contribution is 6.03. The molecule has 1 saturated heterocycles. The number of hydrogen-bond donors (Lipinski definition) is 1. The molecule has 0 saturated carbocycles. The van der Waals surface area contributed by atoms with E-state index in [1.165, 1.54) is 28.8 Å². The van der Waals surface area contributed by atoms with Crippen molar-refractivity contribution in [1.29, 1.82) is 0 Å². The van der Waals surface area contributed by atoms with Crippen LogP contribution in [0.4, 0.5) is 0 Å². The summed E-state index contributed by atoms with van der Waals surface area (Å²) in [7, 11) is 5.03. The van der Waals surface area contributed by atoms with Crippen molar-refractivity contribution in [2.75, 3.05) is 41.0 Å². The van der Waals surface area contributed by atoms with Crippen LogP contribution in [0.2, 0.25) is 0 Å². The van der Waals surface area contributed by atoms with Crippen LogP contribution in [-0.4, -0.2) is 56.7 Å². The smallest absolute Gasteiger partial charge is 0.161 e. The molecule has 0 unspecified atom stereocenters. The van der Waals surface area contributed by atoms with Crippen LogP contribution in [-0.2, 0) is 12.8 Å². The first kappa shape index (κ1) is 23.0. The van der Waals surface area contributed by atoms with E-state index >= 15 is 0 Å². The molecule has 3 aliphatic rings. The van der Waals surface area contributed by atoms with Gasteiger partial charge in [-0.3, -0.25) is 9.89 Å². The lowest BCUT2D eigenvalue weighted by Gasteiger charge is -2.47. The zero-order valence-corrected chi connectivity index (χ0v) is 20.8. The predicted molar refractivity (Wildman–Crippen MR) is 134 cm³/mol. The zero-order chi connectivity index (χ0) is 23.8. The zero-order valence-electron chi connectivity index (χ0n) is 20.8. The number of benzene rings is 2. The molecule has 1 N–H and O–H groups in total. The normalized spacial score (nSPS) is 23.9. The van der Waals surface area contributed by atoms with E-state index < -0.39 is 0 Å². The van der Waals surface area contributed by atoms with Gasteiger partial charge in [-0.05, 0) is 78.5 Å². The van der Waals surface area contributed by atoms with E-state index in [4.69, 9.17) is 19.2 Å². The molecule has 34 heavy (non-hydrogen) atoms. The molecule has 6 nitrogen and oxygen atoms in total. The van der Waals surface area contributed by atoms with Gasteiger partial charge in [0.1, 0.15) is 0 Å². The Morgan fingerprint density at radius 2 is 1.71 bits per heavy atom. The number of piperidine rings is 1. The second kappa shape index (κ2) is 9.49. The number of methoxy groups -OCH3 is 3. The van der Waals surface area contributed by atoms with Gasteiger partial charge in [0.05, 0.1) is 21.3 Å². The fourth-order valence-corrected chi connectivity index (χ4v) is 6.29. The second-order valence-corrected chi connectivity index (χ2v) is 9.79. The summed E-state index contributed by atoms with van der Waals surface area (Å²) in [6, 6.07) is 8.61. The summed E-state index contributed by atoms with van der Waals surface area (Å²) < 4.78 is 16.6. The van der Waals surface area contributed by atoms with Crippen molar-refractivity contribution in [3.8, 4) is 23.0 Å². The molecule has 0 amide bonds. The number of phenols is 1. The third-order valence-corrected chi connectivity index (χ3v) is 8.15. The van der Waals surface area contributed by atoms with Crippen LogP contribution in [0, 0.1) is 11.8 Å². The Kier molecular flexibility index (Phi) is 6.43. The van der Waals surface area contributed by atoms with E-state index in [-0.39, 0.29) is 5.75 Å². The van der Waals surface area contributed by atoms with Crippen molar-refractivity contribution in [2.24, 2.45) is 16.8 Å². The monoisotopic (exact) mass is 464 g/mol. The van der Waals surface area contributed by atoms with E-state index in [1.54, 1.807) is 21.3 Å². The Bertz CT molecular complexity index is 1100. The van der Waals surface area contributed by atoms with Crippen LogP contribution in [0.25, 0.3) is 0 Å². The lowest BCUT2D eigenvalue weighted by atomic mass is 9.73. The van der Waals surface area contributed by atoms with Crippen molar-refractivity contribution in [3.63, 3.8) is 0 Å². The number of fused-ring (bicyclic) bond motifs is 4. The molecular formula is C28H36N2O4. The number of aromatic hydroxyl groups is 1. The van der Waals surface area contributed by atoms with E-state index in [2.05, 4.69) is 24.0 Å². The molecule has 0 aromatic heterocycles. The van der Waals surface area contributed by atoms with Gasteiger partial charge in [0.15, 0.2) is 23.0 Å². The number of rotatable bonds is 6. The van der Waals surface area contributed by atoms with Crippen molar-refractivity contribution in [1.82, 2.24) is 4.90 Å². The van der Waals surface area contributed by atoms with Crippen molar-refractivity contribution >= 4 is 5.71 Å². The lowest BCUT2D eigenvalue weighted by molar-refractivity contribution is 0.0546. The van der Waals surface area contributed by atoms with E-state index in [1.807, 2.05) is 12.1 Å². The molecule has 2 aromatic rings. The Morgan fingerprint density at radius 1 is 0.941 bits per heavy atom. The summed E-state index contributed by atoms with van der Waals surface area (Å²) in [5.41, 5.74) is 6.26. The maximum Gasteiger partial charge on any atom is 0.161 e. The van der Waals surface area contributed by atoms with Gasteiger partial charge in [-0.2, -0.15) is 0 Å². The minimum atomic E-state index is 0.213. The minimum absolute atomic E-state index is 0.213. The number of nitrogens with zero attached hydrogens (tertiary/aromatic N) is 2. The fourth-order valence-electron chi connectivity index (χ4n) is 6.29. The van der Waals surface area contributed by atoms with Gasteiger partial charge in [0.2, 0.25) is 0 Å². The summed E-state index contributed by atoms with van der Waals surface area (Å²) in [4.78, 5) is 7.64. The van der Waals surface area contributed by atoms with Gasteiger partial charge in [-0.1, -0.05) is 13.3 Å². The molecule has 3 heterocycles. The number of phenolic OH excluding ortho intramolecular Hbond substituents is 1. The Labute approximate surface area is 202 Å². The third kappa shape index (κ3) is 4.02. The number of ether oxygens (including phenoxy) is 3. The van der Waals surface area contributed by atoms with Gasteiger partial charge < -0.3 is 19.3 Å². The molecule has 1 fully saturated rings. The molecule has 6 heteroatoms. The fraction of sp³-hybridized carbons (Fsp3) is 0.536. The minimum Gasteiger partial charge on any atom is -0.504 e. The van der Waals surface area contributed by atoms with Crippen molar-refractivity contribution < 1.29 is 19.3 Å². The summed E-state index contributed by atoms with van der Waals surface area (Å²) >= 11 is 0. The molecule has 182 valence electrons. The van der Waals surface area contributed by atoms with E-state index in [9.17, 15) is 5.11 Å².